The first-order valence-electron chi connectivity index (χ1n) is 5.10. The summed E-state index contributed by atoms with van der Waals surface area (Å²) in [7, 11) is -4.01. The molecule has 1 aromatic heterocycles. The molecule has 1 heterocycles. The smallest absolute Gasteiger partial charge is 0.304 e. The Kier molecular flexibility index (Phi) is 5.20. The summed E-state index contributed by atoms with van der Waals surface area (Å²) in [5.41, 5.74) is 4.91. The number of nitrogens with two attached hydrogens (primary N) is 1. The van der Waals surface area contributed by atoms with Crippen LogP contribution in [0.25, 0.3) is 0 Å². The second-order valence-electron chi connectivity index (χ2n) is 3.42. The number of nitrogens with zero attached hydrogens (tertiary/aromatic N) is 2. The molecule has 11 heteroatoms. The molecule has 19 heavy (non-hydrogen) atoms. The lowest BCUT2D eigenvalue weighted by Crippen LogP contribution is -2.35. The molecule has 0 spiro atoms. The van der Waals surface area contributed by atoms with Gasteiger partial charge in [-0.25, -0.2) is 8.42 Å². The number of anilines is 1. The van der Waals surface area contributed by atoms with Gasteiger partial charge in [-0.05, 0) is 0 Å². The van der Waals surface area contributed by atoms with Crippen LogP contribution >= 0.6 is 11.3 Å². The first-order chi connectivity index (χ1) is 8.84. The van der Waals surface area contributed by atoms with Crippen molar-refractivity contribution in [2.45, 2.75) is 4.21 Å². The van der Waals surface area contributed by atoms with Crippen LogP contribution in [0.15, 0.2) is 10.3 Å². The van der Waals surface area contributed by atoms with Crippen molar-refractivity contribution in [2.24, 2.45) is 0 Å². The van der Waals surface area contributed by atoms with Crippen molar-refractivity contribution >= 4 is 32.0 Å². The van der Waals surface area contributed by atoms with Crippen LogP contribution in [-0.4, -0.2) is 54.2 Å². The Morgan fingerprint density at radius 2 is 1.89 bits per heavy atom. The van der Waals surface area contributed by atoms with E-state index in [-0.39, 0.29) is 22.3 Å². The molecule has 0 aliphatic carbocycles. The van der Waals surface area contributed by atoms with Crippen molar-refractivity contribution < 1.29 is 23.6 Å². The van der Waals surface area contributed by atoms with Gasteiger partial charge in [0.05, 0.1) is 18.1 Å². The summed E-state index contributed by atoms with van der Waals surface area (Å²) in [5.74, 6) is 0. The molecular formula is C8H13N3O6S2. The van der Waals surface area contributed by atoms with E-state index < -0.39 is 33.8 Å². The van der Waals surface area contributed by atoms with Crippen LogP contribution in [0.5, 0.6) is 0 Å². The largest absolute Gasteiger partial charge is 0.395 e. The Morgan fingerprint density at radius 3 is 2.26 bits per heavy atom. The van der Waals surface area contributed by atoms with Gasteiger partial charge < -0.3 is 15.9 Å². The number of thiophene rings is 1. The Morgan fingerprint density at radius 1 is 1.37 bits per heavy atom. The fraction of sp³-hybridized carbons (Fsp3) is 0.500. The average Bonchev–Trinajstić information content (AvgIpc) is 2.72. The summed E-state index contributed by atoms with van der Waals surface area (Å²) in [5, 5.41) is 28.0. The average molecular weight is 311 g/mol. The van der Waals surface area contributed by atoms with Crippen molar-refractivity contribution in [3.8, 4) is 0 Å². The molecule has 0 atom stereocenters. The molecule has 9 nitrogen and oxygen atoms in total. The number of nitro groups is 1. The quantitative estimate of drug-likeness (QED) is 0.441. The molecule has 0 radical (unpaired) electrons. The molecule has 4 N–H and O–H groups in total. The number of nitrogen functional groups attached to an aromatic ring is 1. The van der Waals surface area contributed by atoms with E-state index >= 15 is 0 Å². The Bertz CT molecular complexity index is 549. The number of aliphatic hydroxyl groups is 2. The second kappa shape index (κ2) is 6.25. The highest BCUT2D eigenvalue weighted by atomic mass is 32.2. The highest BCUT2D eigenvalue weighted by Crippen LogP contribution is 2.35. The third-order valence-corrected chi connectivity index (χ3v) is 5.51. The molecule has 0 aliphatic rings. The minimum Gasteiger partial charge on any atom is -0.395 e. The van der Waals surface area contributed by atoms with Gasteiger partial charge >= 0.3 is 5.69 Å². The van der Waals surface area contributed by atoms with Gasteiger partial charge in [-0.15, -0.1) is 0 Å². The fourth-order valence-electron chi connectivity index (χ4n) is 1.35. The van der Waals surface area contributed by atoms with Crippen LogP contribution in [-0.2, 0) is 10.0 Å². The molecule has 0 saturated heterocycles. The first-order valence-corrected chi connectivity index (χ1v) is 7.35. The minimum atomic E-state index is -4.01. The van der Waals surface area contributed by atoms with Crippen LogP contribution in [0.2, 0.25) is 0 Å². The van der Waals surface area contributed by atoms with Crippen LogP contribution < -0.4 is 5.73 Å². The van der Waals surface area contributed by atoms with Crippen molar-refractivity contribution in [3.63, 3.8) is 0 Å². The van der Waals surface area contributed by atoms with E-state index in [1.54, 1.807) is 0 Å². The molecule has 0 unspecified atom stereocenters. The first kappa shape index (κ1) is 15.8. The van der Waals surface area contributed by atoms with Gasteiger partial charge in [-0.3, -0.25) is 10.1 Å². The van der Waals surface area contributed by atoms with Crippen LogP contribution in [0.1, 0.15) is 0 Å². The van der Waals surface area contributed by atoms with Crippen molar-refractivity contribution in [2.75, 3.05) is 32.0 Å². The Labute approximate surface area is 113 Å². The van der Waals surface area contributed by atoms with Gasteiger partial charge in [-0.2, -0.15) is 4.31 Å². The lowest BCUT2D eigenvalue weighted by molar-refractivity contribution is -0.383. The van der Waals surface area contributed by atoms with Gasteiger partial charge in [-0.1, -0.05) is 11.3 Å². The maximum Gasteiger partial charge on any atom is 0.304 e. The summed E-state index contributed by atoms with van der Waals surface area (Å²) in [4.78, 5) is 9.86. The zero-order valence-corrected chi connectivity index (χ0v) is 11.4. The number of hydrogen-bond donors (Lipinski definition) is 3. The van der Waals surface area contributed by atoms with Crippen molar-refractivity contribution in [1.29, 1.82) is 0 Å². The van der Waals surface area contributed by atoms with E-state index in [4.69, 9.17) is 15.9 Å². The lowest BCUT2D eigenvalue weighted by Gasteiger charge is -2.18. The fourth-order valence-corrected chi connectivity index (χ4v) is 4.14. The zero-order valence-electron chi connectivity index (χ0n) is 9.72. The molecular weight excluding hydrogens is 298 g/mol. The lowest BCUT2D eigenvalue weighted by atomic mass is 10.5. The van der Waals surface area contributed by atoms with Crippen LogP contribution in [0.3, 0.4) is 0 Å². The predicted octanol–water partition coefficient (Wildman–Crippen LogP) is -0.786. The van der Waals surface area contributed by atoms with E-state index in [1.807, 2.05) is 0 Å². The molecule has 0 bridgehead atoms. The van der Waals surface area contributed by atoms with Crippen molar-refractivity contribution in [3.05, 3.63) is 16.2 Å². The van der Waals surface area contributed by atoms with Crippen molar-refractivity contribution in [1.82, 2.24) is 4.31 Å². The SMILES string of the molecule is Nc1sc(S(=O)(=O)N(CCO)CCO)cc1[N+](=O)[O-]. The van der Waals surface area contributed by atoms with Gasteiger partial charge in [0.1, 0.15) is 4.21 Å². The maximum atomic E-state index is 12.1. The van der Waals surface area contributed by atoms with E-state index in [9.17, 15) is 18.5 Å². The normalized spacial score (nSPS) is 11.9. The molecule has 1 rings (SSSR count). The highest BCUT2D eigenvalue weighted by Gasteiger charge is 2.29. The molecule has 0 aromatic carbocycles. The number of sulfonamides is 1. The molecule has 0 aliphatic heterocycles. The maximum absolute atomic E-state index is 12.1. The monoisotopic (exact) mass is 311 g/mol. The van der Waals surface area contributed by atoms with Crippen LogP contribution in [0.4, 0.5) is 10.7 Å². The third kappa shape index (κ3) is 3.39. The van der Waals surface area contributed by atoms with E-state index in [0.717, 1.165) is 10.4 Å². The van der Waals surface area contributed by atoms with E-state index in [0.29, 0.717) is 11.3 Å². The topological polar surface area (TPSA) is 147 Å². The summed E-state index contributed by atoms with van der Waals surface area (Å²) < 4.78 is 24.8. The Balaban J connectivity index is 3.17. The zero-order chi connectivity index (χ0) is 14.6. The number of rotatable bonds is 7. The van der Waals surface area contributed by atoms with E-state index in [2.05, 4.69) is 0 Å². The molecule has 108 valence electrons. The van der Waals surface area contributed by atoms with Gasteiger partial charge in [0.2, 0.25) is 0 Å². The van der Waals surface area contributed by atoms with Gasteiger partial charge in [0.15, 0.2) is 5.00 Å². The summed E-state index contributed by atoms with van der Waals surface area (Å²) in [6.45, 7) is -1.28. The third-order valence-electron chi connectivity index (χ3n) is 2.21. The number of aliphatic hydroxyl groups excluding tert-OH is 2. The van der Waals surface area contributed by atoms with Gasteiger partial charge in [0.25, 0.3) is 10.0 Å². The second-order valence-corrected chi connectivity index (χ2v) is 6.67. The predicted molar refractivity (Wildman–Crippen MR) is 68.3 cm³/mol. The highest BCUT2D eigenvalue weighted by molar-refractivity contribution is 7.91. The van der Waals surface area contributed by atoms with Gasteiger partial charge in [0, 0.05) is 19.2 Å². The Hall–Kier alpha value is -1.27. The summed E-state index contributed by atoms with van der Waals surface area (Å²) >= 11 is 0.573. The minimum absolute atomic E-state index is 0.212. The molecule has 0 fully saturated rings. The number of hydrogen-bond acceptors (Lipinski definition) is 8. The molecule has 0 saturated carbocycles. The van der Waals surface area contributed by atoms with Crippen LogP contribution in [0, 0.1) is 10.1 Å². The van der Waals surface area contributed by atoms with E-state index in [1.165, 1.54) is 0 Å². The molecule has 0 amide bonds. The standard InChI is InChI=1S/C8H13N3O6S2/c9-8-6(11(14)15)5-7(18-8)19(16,17)10(1-3-12)2-4-13/h5,12-13H,1-4,9H2. The summed E-state index contributed by atoms with van der Waals surface area (Å²) in [6.07, 6.45) is 0. The molecule has 1 aromatic rings. The summed E-state index contributed by atoms with van der Waals surface area (Å²) in [6, 6.07) is 0.872.